The van der Waals surface area contributed by atoms with Gasteiger partial charge in [-0.2, -0.15) is 15.8 Å². The standard InChI is InChI=1S/C29H26ClN9/c1-28(2,3)17-35-26-19(13-32)14-34-25-18(12-31)10-20(11-22(25)26)36-27(21-6-4-5-7-23(21)30)24-15-39(38-37-24)29(16-33)8-9-29/h4-7,10-11,14-15,27,36H,8-9,17H2,1-3H3,(H,34,35)/i27D. The normalized spacial score (nSPS) is 15.8. The molecule has 4 aromatic rings. The average molecular weight is 537 g/mol. The average Bonchev–Trinajstić information content (AvgIpc) is 3.56. The van der Waals surface area contributed by atoms with Crippen molar-refractivity contribution >= 4 is 33.9 Å². The monoisotopic (exact) mass is 536 g/mol. The lowest BCUT2D eigenvalue weighted by molar-refractivity contribution is 0.443. The van der Waals surface area contributed by atoms with Crippen molar-refractivity contribution in [2.75, 3.05) is 17.2 Å². The van der Waals surface area contributed by atoms with Crippen LogP contribution in [0.4, 0.5) is 11.4 Å². The highest BCUT2D eigenvalue weighted by molar-refractivity contribution is 6.31. The van der Waals surface area contributed by atoms with Crippen LogP contribution in [0.2, 0.25) is 5.02 Å². The van der Waals surface area contributed by atoms with E-state index in [2.05, 4.69) is 64.9 Å². The van der Waals surface area contributed by atoms with Crippen LogP contribution in [0.3, 0.4) is 0 Å². The van der Waals surface area contributed by atoms with E-state index in [1.54, 1.807) is 42.6 Å². The zero-order chi connectivity index (χ0) is 28.7. The minimum Gasteiger partial charge on any atom is -0.383 e. The highest BCUT2D eigenvalue weighted by atomic mass is 35.5. The SMILES string of the molecule is [2H]C(Nc1cc(C#N)c2ncc(C#N)c(NCC(C)(C)C)c2c1)(c1cn(C2(C#N)CC2)nn1)c1ccccc1Cl. The summed E-state index contributed by atoms with van der Waals surface area (Å²) in [5.41, 5.74) is 1.85. The Balaban J connectivity index is 1.68. The summed E-state index contributed by atoms with van der Waals surface area (Å²) in [5.74, 6) is 0. The molecule has 1 unspecified atom stereocenters. The van der Waals surface area contributed by atoms with Gasteiger partial charge in [-0.3, -0.25) is 4.98 Å². The van der Waals surface area contributed by atoms with Crippen molar-refractivity contribution in [1.29, 1.82) is 15.8 Å². The number of nitriles is 3. The predicted octanol–water partition coefficient (Wildman–Crippen LogP) is 5.90. The molecule has 0 radical (unpaired) electrons. The van der Waals surface area contributed by atoms with Crippen LogP contribution < -0.4 is 10.6 Å². The third-order valence-corrected chi connectivity index (χ3v) is 6.87. The fourth-order valence-corrected chi connectivity index (χ4v) is 4.49. The topological polar surface area (TPSA) is 139 Å². The first kappa shape index (κ1) is 24.7. The minimum absolute atomic E-state index is 0.0786. The second-order valence-corrected chi connectivity index (χ2v) is 11.2. The number of hydrogen-bond donors (Lipinski definition) is 2. The maximum Gasteiger partial charge on any atom is 0.150 e. The van der Waals surface area contributed by atoms with Crippen molar-refractivity contribution in [2.24, 2.45) is 5.41 Å². The van der Waals surface area contributed by atoms with Crippen molar-refractivity contribution in [3.05, 3.63) is 76.2 Å². The van der Waals surface area contributed by atoms with Crippen LogP contribution in [-0.2, 0) is 5.54 Å². The van der Waals surface area contributed by atoms with Gasteiger partial charge in [-0.1, -0.05) is 55.8 Å². The van der Waals surface area contributed by atoms with Gasteiger partial charge in [-0.15, -0.1) is 5.10 Å². The number of nitrogens with zero attached hydrogens (tertiary/aromatic N) is 7. The zero-order valence-corrected chi connectivity index (χ0v) is 22.5. The van der Waals surface area contributed by atoms with Crippen LogP contribution in [0.25, 0.3) is 10.9 Å². The molecule has 0 spiro atoms. The Morgan fingerprint density at radius 3 is 2.54 bits per heavy atom. The Labute approximate surface area is 233 Å². The molecule has 2 heterocycles. The lowest BCUT2D eigenvalue weighted by atomic mass is 9.96. The fraction of sp³-hybridized carbons (Fsp3) is 0.310. The van der Waals surface area contributed by atoms with Crippen LogP contribution in [0.1, 0.15) is 63.4 Å². The highest BCUT2D eigenvalue weighted by Crippen LogP contribution is 2.43. The second-order valence-electron chi connectivity index (χ2n) is 10.8. The second kappa shape index (κ2) is 9.91. The smallest absolute Gasteiger partial charge is 0.150 e. The maximum absolute atomic E-state index is 10.0. The number of pyridine rings is 1. The summed E-state index contributed by atoms with van der Waals surface area (Å²) in [4.78, 5) is 4.41. The van der Waals surface area contributed by atoms with Gasteiger partial charge in [0.05, 0.1) is 42.0 Å². The van der Waals surface area contributed by atoms with Gasteiger partial charge < -0.3 is 10.6 Å². The quantitative estimate of drug-likeness (QED) is 0.298. The van der Waals surface area contributed by atoms with E-state index in [0.717, 1.165) is 0 Å². The largest absolute Gasteiger partial charge is 0.383 e. The van der Waals surface area contributed by atoms with Crippen LogP contribution >= 0.6 is 11.6 Å². The zero-order valence-electron chi connectivity index (χ0n) is 22.7. The molecule has 0 bridgehead atoms. The number of nitrogens with one attached hydrogen (secondary N) is 2. The number of anilines is 2. The van der Waals surface area contributed by atoms with Crippen LogP contribution in [0.15, 0.2) is 48.8 Å². The van der Waals surface area contributed by atoms with Crippen LogP contribution in [0.5, 0.6) is 0 Å². The molecule has 1 saturated carbocycles. The molecule has 39 heavy (non-hydrogen) atoms. The summed E-state index contributed by atoms with van der Waals surface area (Å²) in [6, 6.07) is 15.2. The van der Waals surface area contributed by atoms with E-state index in [0.29, 0.717) is 57.8 Å². The van der Waals surface area contributed by atoms with E-state index < -0.39 is 11.6 Å². The molecule has 2 aromatic heterocycles. The van der Waals surface area contributed by atoms with E-state index in [1.807, 2.05) is 0 Å². The van der Waals surface area contributed by atoms with Gasteiger partial charge in [-0.25, -0.2) is 4.68 Å². The van der Waals surface area contributed by atoms with Crippen molar-refractivity contribution in [3.8, 4) is 18.2 Å². The molecule has 9 nitrogen and oxygen atoms in total. The molecule has 1 aliphatic rings. The van der Waals surface area contributed by atoms with Gasteiger partial charge in [0.25, 0.3) is 0 Å². The van der Waals surface area contributed by atoms with Crippen molar-refractivity contribution < 1.29 is 1.37 Å². The van der Waals surface area contributed by atoms with E-state index in [9.17, 15) is 17.2 Å². The molecule has 2 N–H and O–H groups in total. The van der Waals surface area contributed by atoms with Gasteiger partial charge >= 0.3 is 0 Å². The van der Waals surface area contributed by atoms with Crippen molar-refractivity contribution in [3.63, 3.8) is 0 Å². The third-order valence-electron chi connectivity index (χ3n) is 6.54. The Kier molecular flexibility index (Phi) is 6.27. The third kappa shape index (κ3) is 5.08. The Hall–Kier alpha value is -4.65. The number of benzene rings is 2. The molecule has 1 fully saturated rings. The predicted molar refractivity (Wildman–Crippen MR) is 149 cm³/mol. The summed E-state index contributed by atoms with van der Waals surface area (Å²) >= 11 is 6.59. The summed E-state index contributed by atoms with van der Waals surface area (Å²) in [5, 5.41) is 45.4. The molecule has 194 valence electrons. The molecule has 1 aliphatic carbocycles. The molecule has 1 atom stereocenters. The summed E-state index contributed by atoms with van der Waals surface area (Å²) < 4.78 is 11.1. The Morgan fingerprint density at radius 2 is 1.90 bits per heavy atom. The molecular weight excluding hydrogens is 510 g/mol. The molecule has 5 rings (SSSR count). The molecule has 0 aliphatic heterocycles. The maximum atomic E-state index is 10.0. The van der Waals surface area contributed by atoms with E-state index in [-0.39, 0.29) is 16.7 Å². The molecule has 10 heteroatoms. The molecule has 0 amide bonds. The van der Waals surface area contributed by atoms with Crippen LogP contribution in [0, 0.1) is 39.4 Å². The highest BCUT2D eigenvalue weighted by Gasteiger charge is 2.47. The first-order valence-electron chi connectivity index (χ1n) is 12.9. The number of hydrogen-bond acceptors (Lipinski definition) is 8. The van der Waals surface area contributed by atoms with Crippen molar-refractivity contribution in [1.82, 2.24) is 20.0 Å². The number of halogens is 1. The first-order valence-corrected chi connectivity index (χ1v) is 12.8. The van der Waals surface area contributed by atoms with Gasteiger partial charge in [0.15, 0.2) is 5.54 Å². The summed E-state index contributed by atoms with van der Waals surface area (Å²) in [7, 11) is 0. The molecule has 2 aromatic carbocycles. The van der Waals surface area contributed by atoms with Gasteiger partial charge in [0.1, 0.15) is 17.8 Å². The first-order chi connectivity index (χ1) is 19.0. The molecular formula is C29H26ClN9. The lowest BCUT2D eigenvalue weighted by Gasteiger charge is -2.22. The summed E-state index contributed by atoms with van der Waals surface area (Å²) in [6.45, 7) is 6.80. The Bertz CT molecular complexity index is 1750. The van der Waals surface area contributed by atoms with Crippen LogP contribution in [-0.4, -0.2) is 26.5 Å². The Morgan fingerprint density at radius 1 is 1.15 bits per heavy atom. The van der Waals surface area contributed by atoms with Gasteiger partial charge in [0, 0.05) is 28.8 Å². The number of rotatable bonds is 7. The van der Waals surface area contributed by atoms with Crippen molar-refractivity contribution in [2.45, 2.75) is 45.2 Å². The van der Waals surface area contributed by atoms with E-state index in [1.165, 1.54) is 10.9 Å². The minimum atomic E-state index is -1.73. The lowest BCUT2D eigenvalue weighted by Crippen LogP contribution is -2.20. The number of aromatic nitrogens is 4. The van der Waals surface area contributed by atoms with Gasteiger partial charge in [0.2, 0.25) is 0 Å². The van der Waals surface area contributed by atoms with E-state index in [4.69, 9.17) is 11.6 Å². The molecule has 0 saturated heterocycles. The summed E-state index contributed by atoms with van der Waals surface area (Å²) in [6.07, 6.45) is 4.37. The number of fused-ring (bicyclic) bond motifs is 1. The van der Waals surface area contributed by atoms with Gasteiger partial charge in [-0.05, 0) is 42.0 Å². The van der Waals surface area contributed by atoms with E-state index >= 15 is 0 Å². The fourth-order valence-electron chi connectivity index (χ4n) is 4.26.